The van der Waals surface area contributed by atoms with Gasteiger partial charge in [0, 0.05) is 0 Å². The second kappa shape index (κ2) is 5.97. The second-order valence-corrected chi connectivity index (χ2v) is 4.28. The van der Waals surface area contributed by atoms with Gasteiger partial charge < -0.3 is 9.47 Å². The summed E-state index contributed by atoms with van der Waals surface area (Å²) in [7, 11) is 1.29. The van der Waals surface area contributed by atoms with Crippen molar-refractivity contribution in [2.45, 2.75) is 6.61 Å². The maximum atomic E-state index is 10.9. The lowest BCUT2D eigenvalue weighted by atomic mass is 10.3. The van der Waals surface area contributed by atoms with Crippen LogP contribution in [0.3, 0.4) is 0 Å². The van der Waals surface area contributed by atoms with Gasteiger partial charge in [-0.05, 0) is 12.1 Å². The molecule has 18 heavy (non-hydrogen) atoms. The maximum Gasteiger partial charge on any atom is 0.413 e. The topological polar surface area (TPSA) is 73.3 Å². The number of carbonyl (C=O) groups excluding carboxylic acids is 1. The molecule has 1 aromatic heterocycles. The van der Waals surface area contributed by atoms with Crippen molar-refractivity contribution in [1.82, 2.24) is 10.2 Å². The summed E-state index contributed by atoms with van der Waals surface area (Å²) in [5.74, 6) is 0.759. The summed E-state index contributed by atoms with van der Waals surface area (Å²) < 4.78 is 9.95. The second-order valence-electron chi connectivity index (χ2n) is 3.22. The van der Waals surface area contributed by atoms with Crippen molar-refractivity contribution in [2.24, 2.45) is 0 Å². The van der Waals surface area contributed by atoms with Crippen LogP contribution in [0.15, 0.2) is 30.3 Å². The largest absolute Gasteiger partial charge is 0.486 e. The van der Waals surface area contributed by atoms with E-state index in [1.165, 1.54) is 18.4 Å². The van der Waals surface area contributed by atoms with Crippen LogP contribution in [-0.4, -0.2) is 23.4 Å². The Balaban J connectivity index is 1.89. The van der Waals surface area contributed by atoms with Gasteiger partial charge in [0.25, 0.3) is 0 Å². The molecule has 0 aliphatic rings. The summed E-state index contributed by atoms with van der Waals surface area (Å²) in [6.45, 7) is 0.310. The molecule has 0 atom stereocenters. The lowest BCUT2D eigenvalue weighted by molar-refractivity contribution is 0.187. The van der Waals surface area contributed by atoms with Gasteiger partial charge >= 0.3 is 6.09 Å². The molecule has 1 amide bonds. The number of hydrogen-bond acceptors (Lipinski definition) is 6. The lowest BCUT2D eigenvalue weighted by Crippen LogP contribution is -2.10. The van der Waals surface area contributed by atoms with E-state index in [0.29, 0.717) is 16.7 Å². The first-order chi connectivity index (χ1) is 8.78. The van der Waals surface area contributed by atoms with Crippen LogP contribution in [0.1, 0.15) is 5.01 Å². The Hall–Kier alpha value is -2.15. The molecule has 1 N–H and O–H groups in total. The zero-order valence-corrected chi connectivity index (χ0v) is 10.4. The van der Waals surface area contributed by atoms with Crippen LogP contribution in [0, 0.1) is 0 Å². The first kappa shape index (κ1) is 12.3. The Morgan fingerprint density at radius 2 is 2.11 bits per heavy atom. The summed E-state index contributed by atoms with van der Waals surface area (Å²) in [5.41, 5.74) is 0. The molecule has 2 aromatic rings. The lowest BCUT2D eigenvalue weighted by Gasteiger charge is -2.01. The quantitative estimate of drug-likeness (QED) is 0.918. The third-order valence-electron chi connectivity index (χ3n) is 1.97. The fraction of sp³-hybridized carbons (Fsp3) is 0.182. The summed E-state index contributed by atoms with van der Waals surface area (Å²) in [6.07, 6.45) is -0.568. The van der Waals surface area contributed by atoms with E-state index >= 15 is 0 Å². The number of methoxy groups -OCH3 is 1. The van der Waals surface area contributed by atoms with Gasteiger partial charge in [0.1, 0.15) is 12.4 Å². The van der Waals surface area contributed by atoms with Crippen molar-refractivity contribution in [3.8, 4) is 5.75 Å². The minimum Gasteiger partial charge on any atom is -0.486 e. The summed E-state index contributed by atoms with van der Waals surface area (Å²) in [6, 6.07) is 9.40. The molecule has 0 saturated carbocycles. The van der Waals surface area contributed by atoms with E-state index < -0.39 is 6.09 Å². The van der Waals surface area contributed by atoms with Crippen molar-refractivity contribution in [1.29, 1.82) is 0 Å². The molecular formula is C11H11N3O3S. The van der Waals surface area contributed by atoms with E-state index in [1.54, 1.807) is 0 Å². The van der Waals surface area contributed by atoms with Crippen molar-refractivity contribution in [2.75, 3.05) is 12.4 Å². The Kier molecular flexibility index (Phi) is 4.08. The SMILES string of the molecule is COC(=O)Nc1nnc(COc2ccccc2)s1. The highest BCUT2D eigenvalue weighted by Gasteiger charge is 2.08. The van der Waals surface area contributed by atoms with Crippen molar-refractivity contribution in [3.05, 3.63) is 35.3 Å². The normalized spacial score (nSPS) is 9.83. The standard InChI is InChI=1S/C11H11N3O3S/c1-16-11(15)12-10-14-13-9(18-10)7-17-8-5-3-2-4-6-8/h2-6H,7H2,1H3,(H,12,14,15). The van der Waals surface area contributed by atoms with Crippen molar-refractivity contribution in [3.63, 3.8) is 0 Å². The third-order valence-corrected chi connectivity index (χ3v) is 2.78. The third kappa shape index (κ3) is 3.42. The van der Waals surface area contributed by atoms with Gasteiger partial charge in [0.2, 0.25) is 5.13 Å². The highest BCUT2D eigenvalue weighted by Crippen LogP contribution is 2.17. The molecule has 1 heterocycles. The van der Waals surface area contributed by atoms with E-state index in [0.717, 1.165) is 5.75 Å². The van der Waals surface area contributed by atoms with E-state index in [-0.39, 0.29) is 0 Å². The number of para-hydroxylation sites is 1. The molecule has 0 unspecified atom stereocenters. The molecule has 0 bridgehead atoms. The Bertz CT molecular complexity index is 515. The van der Waals surface area contributed by atoms with Gasteiger partial charge in [-0.15, -0.1) is 10.2 Å². The first-order valence-corrected chi connectivity index (χ1v) is 5.95. The van der Waals surface area contributed by atoms with Gasteiger partial charge in [-0.25, -0.2) is 4.79 Å². The molecule has 0 fully saturated rings. The maximum absolute atomic E-state index is 10.9. The number of nitrogens with one attached hydrogen (secondary N) is 1. The molecule has 0 saturated heterocycles. The van der Waals surface area contributed by atoms with Gasteiger partial charge in [0.05, 0.1) is 7.11 Å². The van der Waals surface area contributed by atoms with Crippen LogP contribution in [0.5, 0.6) is 5.75 Å². The number of carbonyl (C=O) groups is 1. The van der Waals surface area contributed by atoms with Gasteiger partial charge in [-0.1, -0.05) is 29.5 Å². The molecule has 0 aliphatic carbocycles. The highest BCUT2D eigenvalue weighted by atomic mass is 32.1. The van der Waals surface area contributed by atoms with Crippen LogP contribution in [-0.2, 0) is 11.3 Å². The van der Waals surface area contributed by atoms with Gasteiger partial charge in [-0.2, -0.15) is 0 Å². The number of rotatable bonds is 4. The molecule has 7 heteroatoms. The average Bonchev–Trinajstić information content (AvgIpc) is 2.85. The molecule has 6 nitrogen and oxygen atoms in total. The molecule has 1 aromatic carbocycles. The Morgan fingerprint density at radius 3 is 2.83 bits per heavy atom. The average molecular weight is 265 g/mol. The number of aromatic nitrogens is 2. The Labute approximate surface area is 108 Å². The molecule has 0 aliphatic heterocycles. The predicted octanol–water partition coefficient (Wildman–Crippen LogP) is 2.30. The van der Waals surface area contributed by atoms with E-state index in [2.05, 4.69) is 20.3 Å². The Morgan fingerprint density at radius 1 is 1.33 bits per heavy atom. The minimum absolute atomic E-state index is 0.310. The van der Waals surface area contributed by atoms with E-state index in [9.17, 15) is 4.79 Å². The first-order valence-electron chi connectivity index (χ1n) is 5.13. The van der Waals surface area contributed by atoms with Gasteiger partial charge in [-0.3, -0.25) is 5.32 Å². The zero-order chi connectivity index (χ0) is 12.8. The number of anilines is 1. The highest BCUT2D eigenvalue weighted by molar-refractivity contribution is 7.15. The molecule has 0 spiro atoms. The molecule has 2 rings (SSSR count). The summed E-state index contributed by atoms with van der Waals surface area (Å²) >= 11 is 1.24. The monoisotopic (exact) mass is 265 g/mol. The number of hydrogen-bond donors (Lipinski definition) is 1. The molecule has 0 radical (unpaired) electrons. The number of benzene rings is 1. The fourth-order valence-corrected chi connectivity index (χ4v) is 1.80. The van der Waals surface area contributed by atoms with Crippen molar-refractivity contribution < 1.29 is 14.3 Å². The van der Waals surface area contributed by atoms with Gasteiger partial charge in [0.15, 0.2) is 5.01 Å². The summed E-state index contributed by atoms with van der Waals surface area (Å²) in [4.78, 5) is 10.9. The zero-order valence-electron chi connectivity index (χ0n) is 9.62. The molecule has 94 valence electrons. The van der Waals surface area contributed by atoms with Crippen LogP contribution >= 0.6 is 11.3 Å². The fourth-order valence-electron chi connectivity index (χ4n) is 1.16. The van der Waals surface area contributed by atoms with Crippen molar-refractivity contribution >= 4 is 22.6 Å². The van der Waals surface area contributed by atoms with Crippen LogP contribution in [0.2, 0.25) is 0 Å². The van der Waals surface area contributed by atoms with Crippen LogP contribution in [0.4, 0.5) is 9.93 Å². The van der Waals surface area contributed by atoms with E-state index in [1.807, 2.05) is 30.3 Å². The van der Waals surface area contributed by atoms with E-state index in [4.69, 9.17) is 4.74 Å². The number of amides is 1. The molecular weight excluding hydrogens is 254 g/mol. The number of ether oxygens (including phenoxy) is 2. The van der Waals surface area contributed by atoms with Crippen LogP contribution < -0.4 is 10.1 Å². The smallest absolute Gasteiger partial charge is 0.413 e. The minimum atomic E-state index is -0.568. The predicted molar refractivity (Wildman–Crippen MR) is 66.7 cm³/mol. The summed E-state index contributed by atoms with van der Waals surface area (Å²) in [5, 5.41) is 11.2. The number of nitrogens with zero attached hydrogens (tertiary/aromatic N) is 2. The van der Waals surface area contributed by atoms with Crippen LogP contribution in [0.25, 0.3) is 0 Å².